The third-order valence-corrected chi connectivity index (χ3v) is 4.70. The number of nitrogens with zero attached hydrogens (tertiary/aromatic N) is 2. The number of hydrogen-bond donors (Lipinski definition) is 1. The van der Waals surface area contributed by atoms with Gasteiger partial charge in [0.15, 0.2) is 0 Å². The molecule has 28 heavy (non-hydrogen) atoms. The highest BCUT2D eigenvalue weighted by Crippen LogP contribution is 2.19. The van der Waals surface area contributed by atoms with Crippen molar-refractivity contribution in [1.82, 2.24) is 15.5 Å². The minimum absolute atomic E-state index is 0.0327. The highest BCUT2D eigenvalue weighted by Gasteiger charge is 2.13. The fourth-order valence-corrected chi connectivity index (χ4v) is 2.83. The van der Waals surface area contributed by atoms with Gasteiger partial charge in [-0.25, -0.2) is 0 Å². The molecule has 144 valence electrons. The number of aromatic nitrogens is 2. The van der Waals surface area contributed by atoms with Crippen molar-refractivity contribution in [3.05, 3.63) is 71.1 Å². The van der Waals surface area contributed by atoms with E-state index < -0.39 is 5.97 Å². The summed E-state index contributed by atoms with van der Waals surface area (Å²) in [7, 11) is 0. The summed E-state index contributed by atoms with van der Waals surface area (Å²) in [6, 6.07) is 14.3. The molecule has 0 unspecified atom stereocenters. The number of rotatable bonds is 7. The summed E-state index contributed by atoms with van der Waals surface area (Å²) in [5.41, 5.74) is 2.73. The van der Waals surface area contributed by atoms with E-state index in [2.05, 4.69) is 15.5 Å². The van der Waals surface area contributed by atoms with Crippen molar-refractivity contribution in [2.45, 2.75) is 25.6 Å². The number of hydrogen-bond acceptors (Lipinski definition) is 7. The van der Waals surface area contributed by atoms with Gasteiger partial charge in [0.05, 0.1) is 6.54 Å². The molecule has 7 nitrogen and oxygen atoms in total. The predicted molar refractivity (Wildman–Crippen MR) is 104 cm³/mol. The zero-order valence-electron chi connectivity index (χ0n) is 15.5. The van der Waals surface area contributed by atoms with Crippen LogP contribution in [0.2, 0.25) is 0 Å². The molecule has 3 rings (SSSR count). The average molecular weight is 397 g/mol. The number of carbonyl (C=O) groups excluding carboxylic acids is 2. The molecule has 0 aliphatic heterocycles. The first-order valence-electron chi connectivity index (χ1n) is 8.57. The number of esters is 1. The Bertz CT molecular complexity index is 973. The van der Waals surface area contributed by atoms with Gasteiger partial charge in [0.1, 0.15) is 11.5 Å². The van der Waals surface area contributed by atoms with Crippen LogP contribution in [0.5, 0.6) is 5.75 Å². The number of aryl methyl sites for hydroxylation is 2. The molecule has 3 aromatic rings. The molecule has 1 aromatic heterocycles. The van der Waals surface area contributed by atoms with Gasteiger partial charge in [0, 0.05) is 5.56 Å². The van der Waals surface area contributed by atoms with Gasteiger partial charge in [-0.1, -0.05) is 36.0 Å². The number of amides is 1. The second-order valence-electron chi connectivity index (χ2n) is 6.02. The molecule has 2 aromatic carbocycles. The highest BCUT2D eigenvalue weighted by atomic mass is 32.2. The lowest BCUT2D eigenvalue weighted by Gasteiger charge is -2.05. The highest BCUT2D eigenvalue weighted by molar-refractivity contribution is 7.99. The Balaban J connectivity index is 1.45. The summed E-state index contributed by atoms with van der Waals surface area (Å²) in [6.07, 6.45) is 0. The molecule has 1 N–H and O–H groups in total. The van der Waals surface area contributed by atoms with Gasteiger partial charge in [-0.2, -0.15) is 0 Å². The molecule has 1 heterocycles. The maximum atomic E-state index is 12.0. The lowest BCUT2D eigenvalue weighted by Crippen LogP contribution is -2.22. The fourth-order valence-electron chi connectivity index (χ4n) is 2.27. The normalized spacial score (nSPS) is 10.5. The monoisotopic (exact) mass is 397 g/mol. The molecule has 8 heteroatoms. The number of benzene rings is 2. The largest absolute Gasteiger partial charge is 0.426 e. The Labute approximate surface area is 166 Å². The van der Waals surface area contributed by atoms with E-state index in [1.807, 2.05) is 32.0 Å². The zero-order valence-corrected chi connectivity index (χ0v) is 16.3. The van der Waals surface area contributed by atoms with Crippen LogP contribution >= 0.6 is 11.8 Å². The average Bonchev–Trinajstić information content (AvgIpc) is 3.16. The Morgan fingerprint density at radius 1 is 1.07 bits per heavy atom. The Kier molecular flexibility index (Phi) is 6.44. The molecule has 0 saturated carbocycles. The van der Waals surface area contributed by atoms with Crippen LogP contribution in [0.4, 0.5) is 0 Å². The topological polar surface area (TPSA) is 94.3 Å². The summed E-state index contributed by atoms with van der Waals surface area (Å²) in [5.74, 6) is 0.151. The van der Waals surface area contributed by atoms with Crippen LogP contribution in [0.3, 0.4) is 0 Å². The van der Waals surface area contributed by atoms with E-state index in [1.54, 1.807) is 30.3 Å². The smallest absolute Gasteiger partial charge is 0.321 e. The molecule has 0 bridgehead atoms. The van der Waals surface area contributed by atoms with E-state index in [9.17, 15) is 9.59 Å². The quantitative estimate of drug-likeness (QED) is 0.371. The lowest BCUT2D eigenvalue weighted by atomic mass is 10.1. The van der Waals surface area contributed by atoms with Crippen molar-refractivity contribution in [2.24, 2.45) is 0 Å². The summed E-state index contributed by atoms with van der Waals surface area (Å²) in [4.78, 5) is 24.0. The van der Waals surface area contributed by atoms with Crippen LogP contribution in [-0.2, 0) is 11.3 Å². The zero-order chi connectivity index (χ0) is 19.9. The van der Waals surface area contributed by atoms with Gasteiger partial charge < -0.3 is 14.5 Å². The minimum atomic E-state index is -0.412. The summed E-state index contributed by atoms with van der Waals surface area (Å²) in [5, 5.41) is 10.7. The first kappa shape index (κ1) is 19.6. The summed E-state index contributed by atoms with van der Waals surface area (Å²) < 4.78 is 10.7. The van der Waals surface area contributed by atoms with Crippen molar-refractivity contribution in [1.29, 1.82) is 0 Å². The molecule has 0 fully saturated rings. The fraction of sp³-hybridized carbons (Fsp3) is 0.200. The molecule has 0 radical (unpaired) electrons. The molecular weight excluding hydrogens is 378 g/mol. The first-order chi connectivity index (χ1) is 13.5. The maximum Gasteiger partial charge on any atom is 0.321 e. The molecule has 0 atom stereocenters. The molecule has 0 spiro atoms. The second-order valence-corrected chi connectivity index (χ2v) is 6.95. The van der Waals surface area contributed by atoms with Gasteiger partial charge in [0.2, 0.25) is 5.89 Å². The van der Waals surface area contributed by atoms with E-state index in [0.717, 1.165) is 22.9 Å². The number of carbonyl (C=O) groups is 2. The van der Waals surface area contributed by atoms with Crippen molar-refractivity contribution < 1.29 is 18.7 Å². The van der Waals surface area contributed by atoms with E-state index >= 15 is 0 Å². The van der Waals surface area contributed by atoms with Gasteiger partial charge >= 0.3 is 5.97 Å². The molecule has 0 saturated heterocycles. The molecule has 0 aliphatic carbocycles. The third kappa shape index (κ3) is 5.43. The first-order valence-corrected chi connectivity index (χ1v) is 9.56. The van der Waals surface area contributed by atoms with Crippen LogP contribution in [0.25, 0.3) is 0 Å². The van der Waals surface area contributed by atoms with Crippen molar-refractivity contribution in [3.63, 3.8) is 0 Å². The summed E-state index contributed by atoms with van der Waals surface area (Å²) in [6.45, 7) is 4.05. The van der Waals surface area contributed by atoms with E-state index in [-0.39, 0.29) is 29.3 Å². The summed E-state index contributed by atoms with van der Waals surface area (Å²) >= 11 is 1.08. The Morgan fingerprint density at radius 3 is 2.61 bits per heavy atom. The number of nitrogens with one attached hydrogen (secondary N) is 1. The van der Waals surface area contributed by atoms with E-state index in [0.29, 0.717) is 11.3 Å². The van der Waals surface area contributed by atoms with Gasteiger partial charge in [-0.05, 0) is 49.2 Å². The standard InChI is InChI=1S/C20H19N3O4S/c1-13-8-9-16(10-14(13)2)26-18(24)12-28-20-23-22-17(27-20)11-21-19(25)15-6-4-3-5-7-15/h3-10H,11-12H2,1-2H3,(H,21,25). The number of ether oxygens (including phenoxy) is 1. The lowest BCUT2D eigenvalue weighted by molar-refractivity contribution is -0.131. The Hall–Kier alpha value is -3.13. The van der Waals surface area contributed by atoms with E-state index in [4.69, 9.17) is 9.15 Å². The van der Waals surface area contributed by atoms with Crippen LogP contribution in [0.1, 0.15) is 27.4 Å². The van der Waals surface area contributed by atoms with Gasteiger partial charge in [0.25, 0.3) is 11.1 Å². The van der Waals surface area contributed by atoms with Gasteiger partial charge in [-0.3, -0.25) is 9.59 Å². The second kappa shape index (κ2) is 9.18. The van der Waals surface area contributed by atoms with Crippen LogP contribution in [0.15, 0.2) is 58.2 Å². The van der Waals surface area contributed by atoms with Crippen LogP contribution < -0.4 is 10.1 Å². The number of thioether (sulfide) groups is 1. The Morgan fingerprint density at radius 2 is 1.86 bits per heavy atom. The van der Waals surface area contributed by atoms with Crippen LogP contribution in [0, 0.1) is 13.8 Å². The maximum absolute atomic E-state index is 12.0. The van der Waals surface area contributed by atoms with Crippen molar-refractivity contribution in [3.8, 4) is 5.75 Å². The predicted octanol–water partition coefficient (Wildman–Crippen LogP) is 3.31. The van der Waals surface area contributed by atoms with Gasteiger partial charge in [-0.15, -0.1) is 10.2 Å². The van der Waals surface area contributed by atoms with E-state index in [1.165, 1.54) is 0 Å². The molecule has 1 amide bonds. The SMILES string of the molecule is Cc1ccc(OC(=O)CSc2nnc(CNC(=O)c3ccccc3)o2)cc1C. The van der Waals surface area contributed by atoms with Crippen molar-refractivity contribution in [2.75, 3.05) is 5.75 Å². The van der Waals surface area contributed by atoms with Crippen LogP contribution in [-0.4, -0.2) is 27.8 Å². The van der Waals surface area contributed by atoms with Crippen molar-refractivity contribution >= 4 is 23.6 Å². The molecule has 0 aliphatic rings. The molecular formula is C20H19N3O4S. The third-order valence-electron chi connectivity index (χ3n) is 3.91. The minimum Gasteiger partial charge on any atom is -0.426 e.